The van der Waals surface area contributed by atoms with Crippen LogP contribution in [0.25, 0.3) is 10.9 Å². The number of thioether (sulfide) groups is 1. The Hall–Kier alpha value is -5.42. The van der Waals surface area contributed by atoms with E-state index < -0.39 is 84.1 Å². The molecule has 10 N–H and O–H groups in total. The van der Waals surface area contributed by atoms with Crippen LogP contribution in [0.5, 0.6) is 0 Å². The molecule has 6 atom stereocenters. The molecule has 55 heavy (non-hydrogen) atoms. The van der Waals surface area contributed by atoms with E-state index in [1.807, 2.05) is 38.1 Å². The summed E-state index contributed by atoms with van der Waals surface area (Å²) in [5.41, 5.74) is 8.05. The van der Waals surface area contributed by atoms with E-state index in [0.29, 0.717) is 16.9 Å². The molecule has 6 amide bonds. The average molecular weight is 779 g/mol. The zero-order valence-electron chi connectivity index (χ0n) is 31.1. The van der Waals surface area contributed by atoms with Crippen LogP contribution in [-0.2, 0) is 46.4 Å². The Kier molecular flexibility index (Phi) is 15.6. The van der Waals surface area contributed by atoms with Gasteiger partial charge in [0.25, 0.3) is 0 Å². The largest absolute Gasteiger partial charge is 0.481 e. The SMILES string of the molecule is CSCC[C@@H]1NC(=O)[C@H](CC(C)C)NC(=O)[C@H](CN)NC(=O)[C@H](Cc2ccccc2)NC(=O)[C@H](Cc2c[nH]c3ccccc23)NC(=O)[C@H](CC(=O)O)NC1=O. The predicted molar refractivity (Wildman–Crippen MR) is 207 cm³/mol. The molecule has 16 nitrogen and oxygen atoms in total. The van der Waals surface area contributed by atoms with Crippen LogP contribution in [0.1, 0.15) is 44.2 Å². The number of carboxylic acid groups (broad SMARTS) is 1. The molecule has 0 aliphatic carbocycles. The van der Waals surface area contributed by atoms with Gasteiger partial charge in [0.2, 0.25) is 35.4 Å². The zero-order chi connectivity index (χ0) is 40.1. The van der Waals surface area contributed by atoms with Crippen LogP contribution in [0.4, 0.5) is 0 Å². The van der Waals surface area contributed by atoms with Crippen LogP contribution >= 0.6 is 11.8 Å². The lowest BCUT2D eigenvalue weighted by Crippen LogP contribution is -2.63. The molecule has 1 saturated heterocycles. The number of rotatable bonds is 12. The van der Waals surface area contributed by atoms with E-state index in [9.17, 15) is 38.7 Å². The lowest BCUT2D eigenvalue weighted by Gasteiger charge is -2.29. The molecule has 17 heteroatoms. The summed E-state index contributed by atoms with van der Waals surface area (Å²) in [4.78, 5) is 98.4. The third-order valence-corrected chi connectivity index (χ3v) is 9.76. The first kappa shape index (κ1) is 42.3. The predicted octanol–water partition coefficient (Wildman–Crippen LogP) is 0.108. The fourth-order valence-corrected chi connectivity index (χ4v) is 6.72. The van der Waals surface area contributed by atoms with Crippen LogP contribution in [-0.4, -0.2) is 106 Å². The van der Waals surface area contributed by atoms with Crippen molar-refractivity contribution in [1.82, 2.24) is 36.9 Å². The van der Waals surface area contributed by atoms with Gasteiger partial charge in [0.05, 0.1) is 6.42 Å². The van der Waals surface area contributed by atoms with Crippen molar-refractivity contribution < 1.29 is 38.7 Å². The molecule has 2 aromatic carbocycles. The van der Waals surface area contributed by atoms with Crippen LogP contribution in [0.3, 0.4) is 0 Å². The summed E-state index contributed by atoms with van der Waals surface area (Å²) in [5, 5.41) is 26.3. The van der Waals surface area contributed by atoms with E-state index in [0.717, 1.165) is 10.9 Å². The van der Waals surface area contributed by atoms with Gasteiger partial charge in [-0.1, -0.05) is 62.4 Å². The summed E-state index contributed by atoms with van der Waals surface area (Å²) >= 11 is 1.40. The monoisotopic (exact) mass is 778 g/mol. The Morgan fingerprint density at radius 3 is 1.84 bits per heavy atom. The molecule has 3 aromatic rings. The highest BCUT2D eigenvalue weighted by molar-refractivity contribution is 7.98. The minimum absolute atomic E-state index is 0.0153. The first-order valence-corrected chi connectivity index (χ1v) is 19.5. The van der Waals surface area contributed by atoms with E-state index in [4.69, 9.17) is 5.73 Å². The number of fused-ring (bicyclic) bond motifs is 1. The van der Waals surface area contributed by atoms with Crippen LogP contribution < -0.4 is 37.6 Å². The number of carbonyl (C=O) groups is 7. The van der Waals surface area contributed by atoms with Gasteiger partial charge < -0.3 is 47.7 Å². The van der Waals surface area contributed by atoms with Gasteiger partial charge in [0, 0.05) is 36.5 Å². The van der Waals surface area contributed by atoms with Crippen molar-refractivity contribution in [3.8, 4) is 0 Å². The number of nitrogens with one attached hydrogen (secondary N) is 7. The van der Waals surface area contributed by atoms with Crippen LogP contribution in [0, 0.1) is 5.92 Å². The number of aliphatic carboxylic acids is 1. The fourth-order valence-electron chi connectivity index (χ4n) is 6.25. The molecule has 1 aliphatic rings. The molecule has 0 saturated carbocycles. The second kappa shape index (κ2) is 20.3. The van der Waals surface area contributed by atoms with Crippen molar-refractivity contribution in [1.29, 1.82) is 0 Å². The van der Waals surface area contributed by atoms with Gasteiger partial charge in [-0.3, -0.25) is 33.6 Å². The number of hydrogen-bond donors (Lipinski definition) is 9. The van der Waals surface area contributed by atoms with Gasteiger partial charge in [0.15, 0.2) is 0 Å². The Morgan fingerprint density at radius 2 is 1.20 bits per heavy atom. The first-order valence-electron chi connectivity index (χ1n) is 18.1. The van der Waals surface area contributed by atoms with Crippen molar-refractivity contribution >= 4 is 64.1 Å². The molecule has 1 fully saturated rings. The van der Waals surface area contributed by atoms with Crippen molar-refractivity contribution in [3.05, 3.63) is 71.9 Å². The van der Waals surface area contributed by atoms with Crippen molar-refractivity contribution in [2.24, 2.45) is 11.7 Å². The Morgan fingerprint density at radius 1 is 0.691 bits per heavy atom. The van der Waals surface area contributed by atoms with Crippen molar-refractivity contribution in [2.45, 2.75) is 82.2 Å². The lowest BCUT2D eigenvalue weighted by molar-refractivity contribution is -0.141. The number of carbonyl (C=O) groups excluding carboxylic acids is 6. The van der Waals surface area contributed by atoms with Crippen LogP contribution in [0.15, 0.2) is 60.8 Å². The Balaban J connectivity index is 1.79. The summed E-state index contributed by atoms with van der Waals surface area (Å²) in [7, 11) is 0. The van der Waals surface area contributed by atoms with Crippen LogP contribution in [0.2, 0.25) is 0 Å². The average Bonchev–Trinajstić information content (AvgIpc) is 3.56. The van der Waals surface area contributed by atoms with Gasteiger partial charge in [-0.05, 0) is 48.0 Å². The topological polar surface area (TPSA) is 254 Å². The molecule has 4 rings (SSSR count). The molecule has 1 aromatic heterocycles. The number of aromatic amines is 1. The number of amides is 6. The third-order valence-electron chi connectivity index (χ3n) is 9.11. The molecule has 0 radical (unpaired) electrons. The molecule has 0 unspecified atom stereocenters. The quantitative estimate of drug-likeness (QED) is 0.120. The molecule has 296 valence electrons. The normalized spacial score (nSPS) is 23.4. The van der Waals surface area contributed by atoms with Gasteiger partial charge in [-0.2, -0.15) is 11.8 Å². The van der Waals surface area contributed by atoms with Gasteiger partial charge >= 0.3 is 5.97 Å². The number of carboxylic acids is 1. The molecular weight excluding hydrogens is 729 g/mol. The number of hydrogen-bond acceptors (Lipinski definition) is 9. The van der Waals surface area contributed by atoms with Crippen molar-refractivity contribution in [3.63, 3.8) is 0 Å². The summed E-state index contributed by atoms with van der Waals surface area (Å²) in [6.45, 7) is 3.33. The zero-order valence-corrected chi connectivity index (χ0v) is 31.9. The minimum Gasteiger partial charge on any atom is -0.481 e. The van der Waals surface area contributed by atoms with Crippen molar-refractivity contribution in [2.75, 3.05) is 18.6 Å². The maximum Gasteiger partial charge on any atom is 0.305 e. The second-order valence-electron chi connectivity index (χ2n) is 13.9. The second-order valence-corrected chi connectivity index (χ2v) is 14.9. The minimum atomic E-state index is -1.66. The molecule has 0 spiro atoms. The summed E-state index contributed by atoms with van der Waals surface area (Å²) in [6, 6.07) is 8.13. The van der Waals surface area contributed by atoms with E-state index in [1.165, 1.54) is 11.8 Å². The maximum absolute atomic E-state index is 14.2. The maximum atomic E-state index is 14.2. The third kappa shape index (κ3) is 12.3. The molecular formula is C38H50N8O8S. The van der Waals surface area contributed by atoms with E-state index in [1.54, 1.807) is 42.8 Å². The fraction of sp³-hybridized carbons (Fsp3) is 0.447. The Labute approximate surface area is 323 Å². The number of nitrogens with two attached hydrogens (primary N) is 1. The molecule has 0 bridgehead atoms. The highest BCUT2D eigenvalue weighted by Gasteiger charge is 2.36. The molecule has 1 aliphatic heterocycles. The highest BCUT2D eigenvalue weighted by Crippen LogP contribution is 2.20. The van der Waals surface area contributed by atoms with E-state index >= 15 is 0 Å². The summed E-state index contributed by atoms with van der Waals surface area (Å²) < 4.78 is 0. The number of benzene rings is 2. The summed E-state index contributed by atoms with van der Waals surface area (Å²) in [5.74, 6) is -5.86. The van der Waals surface area contributed by atoms with Gasteiger partial charge in [-0.25, -0.2) is 0 Å². The summed E-state index contributed by atoms with van der Waals surface area (Å²) in [6.07, 6.45) is 2.80. The first-order chi connectivity index (χ1) is 26.3. The number of H-pyrrole nitrogens is 1. The highest BCUT2D eigenvalue weighted by atomic mass is 32.2. The van der Waals surface area contributed by atoms with E-state index in [-0.39, 0.29) is 38.1 Å². The lowest BCUT2D eigenvalue weighted by atomic mass is 10.0. The number of aromatic nitrogens is 1. The van der Waals surface area contributed by atoms with Gasteiger partial charge in [-0.15, -0.1) is 0 Å². The number of para-hydroxylation sites is 1. The Bertz CT molecular complexity index is 1840. The van der Waals surface area contributed by atoms with Gasteiger partial charge in [0.1, 0.15) is 36.3 Å². The smallest absolute Gasteiger partial charge is 0.305 e. The van der Waals surface area contributed by atoms with E-state index in [2.05, 4.69) is 36.9 Å². The molecule has 2 heterocycles. The standard InChI is InChI=1S/C38H50N8O8S/c1-21(2)15-27-34(50)41-26(13-14-55-3)33(49)45-30(18-32(47)48)37(53)44-29(17-23-20-40-25-12-8-7-11-24(23)25)36(52)43-28(16-22-9-5-4-6-10-22)35(51)46-31(19-39)38(54)42-27/h4-12,20-21,26-31,40H,13-19,39H2,1-3H3,(H,41,50)(H,42,54)(H,43,52)(H,44,53)(H,45,49)(H,46,51)(H,47,48)/t26-,27-,28-,29-,30-,31-/m0/s1.